The number of amides is 1. The Labute approximate surface area is 111 Å². The Kier molecular flexibility index (Phi) is 4.31. The zero-order valence-corrected chi connectivity index (χ0v) is 11.2. The summed E-state index contributed by atoms with van der Waals surface area (Å²) in [6.45, 7) is 3.18. The first-order valence-electron chi connectivity index (χ1n) is 6.42. The molecule has 6 heteroatoms. The van der Waals surface area contributed by atoms with E-state index in [-0.39, 0.29) is 29.9 Å². The number of hydrogen-bond acceptors (Lipinski definition) is 5. The number of aromatic nitrogens is 1. The molecule has 0 spiro atoms. The van der Waals surface area contributed by atoms with Crippen molar-refractivity contribution >= 4 is 11.7 Å². The van der Waals surface area contributed by atoms with Crippen LogP contribution in [0.4, 0.5) is 0 Å². The average Bonchev–Trinajstić information content (AvgIpc) is 2.87. The lowest BCUT2D eigenvalue weighted by Gasteiger charge is -2.30. The first kappa shape index (κ1) is 13.7. The van der Waals surface area contributed by atoms with Crippen LogP contribution in [0, 0.1) is 5.92 Å². The standard InChI is InChI=1S/C13H18N2O4/c1-3-9-7-15(5-4-12(9)16)13(17)11-6-10(8-18-2)19-14-11/h6,9H,3-5,7-8H2,1-2H3. The van der Waals surface area contributed by atoms with Crippen molar-refractivity contribution in [1.29, 1.82) is 0 Å². The van der Waals surface area contributed by atoms with Crippen LogP contribution < -0.4 is 0 Å². The van der Waals surface area contributed by atoms with E-state index in [0.717, 1.165) is 6.42 Å². The van der Waals surface area contributed by atoms with Crippen LogP contribution in [0.15, 0.2) is 10.6 Å². The third-order valence-electron chi connectivity index (χ3n) is 3.37. The number of piperidine rings is 1. The molecule has 1 aromatic heterocycles. The third kappa shape index (κ3) is 3.01. The number of likely N-dealkylation sites (tertiary alicyclic amines) is 1. The van der Waals surface area contributed by atoms with Crippen molar-refractivity contribution in [1.82, 2.24) is 10.1 Å². The Bertz CT molecular complexity index is 469. The lowest BCUT2D eigenvalue weighted by atomic mass is 9.94. The van der Waals surface area contributed by atoms with Crippen molar-refractivity contribution in [2.24, 2.45) is 5.92 Å². The predicted octanol–water partition coefficient (Wildman–Crippen LogP) is 1.26. The minimum Gasteiger partial charge on any atom is -0.377 e. The highest BCUT2D eigenvalue weighted by molar-refractivity contribution is 5.94. The van der Waals surface area contributed by atoms with Gasteiger partial charge in [0.1, 0.15) is 12.4 Å². The molecule has 1 amide bonds. The van der Waals surface area contributed by atoms with Gasteiger partial charge in [-0.15, -0.1) is 0 Å². The highest BCUT2D eigenvalue weighted by atomic mass is 16.5. The summed E-state index contributed by atoms with van der Waals surface area (Å²) in [5.41, 5.74) is 0.274. The second kappa shape index (κ2) is 5.97. The van der Waals surface area contributed by atoms with Crippen molar-refractivity contribution in [3.05, 3.63) is 17.5 Å². The number of ketones is 1. The number of nitrogens with zero attached hydrogens (tertiary/aromatic N) is 2. The smallest absolute Gasteiger partial charge is 0.276 e. The first-order chi connectivity index (χ1) is 9.15. The van der Waals surface area contributed by atoms with Crippen molar-refractivity contribution in [2.45, 2.75) is 26.4 Å². The lowest BCUT2D eigenvalue weighted by Crippen LogP contribution is -2.44. The fourth-order valence-electron chi connectivity index (χ4n) is 2.24. The van der Waals surface area contributed by atoms with E-state index in [0.29, 0.717) is 25.3 Å². The Hall–Kier alpha value is -1.69. The van der Waals surface area contributed by atoms with E-state index in [1.807, 2.05) is 6.92 Å². The molecule has 1 aromatic rings. The highest BCUT2D eigenvalue weighted by Gasteiger charge is 2.30. The number of hydrogen-bond donors (Lipinski definition) is 0. The molecule has 0 radical (unpaired) electrons. The van der Waals surface area contributed by atoms with Gasteiger partial charge in [0.15, 0.2) is 11.5 Å². The second-order valence-corrected chi connectivity index (χ2v) is 4.68. The number of ether oxygens (including phenoxy) is 1. The minimum absolute atomic E-state index is 0.0527. The molecule has 19 heavy (non-hydrogen) atoms. The van der Waals surface area contributed by atoms with Crippen molar-refractivity contribution < 1.29 is 18.8 Å². The molecule has 104 valence electrons. The van der Waals surface area contributed by atoms with E-state index < -0.39 is 0 Å². The largest absolute Gasteiger partial charge is 0.377 e. The Morgan fingerprint density at radius 1 is 1.63 bits per heavy atom. The van der Waals surface area contributed by atoms with Crippen molar-refractivity contribution in [3.63, 3.8) is 0 Å². The number of Topliss-reactive ketones (excluding diaryl/α,β-unsaturated/α-hetero) is 1. The maximum atomic E-state index is 12.2. The summed E-state index contributed by atoms with van der Waals surface area (Å²) in [7, 11) is 1.55. The molecule has 1 aliphatic rings. The SMILES string of the molecule is CCC1CN(C(=O)c2cc(COC)on2)CCC1=O. The highest BCUT2D eigenvalue weighted by Crippen LogP contribution is 2.18. The molecule has 0 aliphatic carbocycles. The maximum absolute atomic E-state index is 12.2. The summed E-state index contributed by atoms with van der Waals surface area (Å²) >= 11 is 0. The van der Waals surface area contributed by atoms with E-state index in [9.17, 15) is 9.59 Å². The minimum atomic E-state index is -0.183. The van der Waals surface area contributed by atoms with Gasteiger partial charge >= 0.3 is 0 Å². The molecule has 1 fully saturated rings. The molecule has 2 heterocycles. The van der Waals surface area contributed by atoms with Crippen molar-refractivity contribution in [3.8, 4) is 0 Å². The van der Waals surface area contributed by atoms with Gasteiger partial charge in [-0.05, 0) is 6.42 Å². The Morgan fingerprint density at radius 3 is 3.11 bits per heavy atom. The molecule has 1 saturated heterocycles. The second-order valence-electron chi connectivity index (χ2n) is 4.68. The molecule has 6 nitrogen and oxygen atoms in total. The summed E-state index contributed by atoms with van der Waals surface area (Å²) in [5, 5.41) is 3.75. The molecule has 0 bridgehead atoms. The summed E-state index contributed by atoms with van der Waals surface area (Å²) in [4.78, 5) is 25.5. The Balaban J connectivity index is 2.04. The van der Waals surface area contributed by atoms with Crippen LogP contribution in [0.3, 0.4) is 0 Å². The van der Waals surface area contributed by atoms with Gasteiger partial charge in [-0.3, -0.25) is 9.59 Å². The van der Waals surface area contributed by atoms with E-state index in [1.54, 1.807) is 18.1 Å². The molecule has 2 rings (SSSR count). The summed E-state index contributed by atoms with van der Waals surface area (Å²) in [6.07, 6.45) is 1.18. The number of rotatable bonds is 4. The predicted molar refractivity (Wildman–Crippen MR) is 66.5 cm³/mol. The van der Waals surface area contributed by atoms with Gasteiger partial charge in [-0.2, -0.15) is 0 Å². The van der Waals surface area contributed by atoms with Gasteiger partial charge in [0.25, 0.3) is 5.91 Å². The quantitative estimate of drug-likeness (QED) is 0.820. The molecule has 1 unspecified atom stereocenters. The van der Waals surface area contributed by atoms with E-state index in [1.165, 1.54) is 0 Å². The van der Waals surface area contributed by atoms with Gasteiger partial charge in [0.2, 0.25) is 0 Å². The summed E-state index contributed by atoms with van der Waals surface area (Å²) < 4.78 is 9.91. The van der Waals surface area contributed by atoms with E-state index in [4.69, 9.17) is 9.26 Å². The molecule has 1 atom stereocenters. The van der Waals surface area contributed by atoms with Gasteiger partial charge in [-0.1, -0.05) is 12.1 Å². The molecular weight excluding hydrogens is 248 g/mol. The summed E-state index contributed by atoms with van der Waals surface area (Å²) in [6, 6.07) is 1.59. The number of methoxy groups -OCH3 is 1. The maximum Gasteiger partial charge on any atom is 0.276 e. The molecule has 0 saturated carbocycles. The van der Waals surface area contributed by atoms with Crippen LogP contribution in [-0.4, -0.2) is 41.9 Å². The molecule has 0 aromatic carbocycles. The number of carbonyl (C=O) groups is 2. The first-order valence-corrected chi connectivity index (χ1v) is 6.42. The van der Waals surface area contributed by atoms with Gasteiger partial charge in [-0.25, -0.2) is 0 Å². The topological polar surface area (TPSA) is 72.6 Å². The van der Waals surface area contributed by atoms with Gasteiger partial charge in [0.05, 0.1) is 0 Å². The van der Waals surface area contributed by atoms with Crippen LogP contribution in [-0.2, 0) is 16.1 Å². The van der Waals surface area contributed by atoms with E-state index in [2.05, 4.69) is 5.16 Å². The fraction of sp³-hybridized carbons (Fsp3) is 0.615. The molecular formula is C13H18N2O4. The van der Waals surface area contributed by atoms with Crippen LogP contribution in [0.25, 0.3) is 0 Å². The van der Waals surface area contributed by atoms with E-state index >= 15 is 0 Å². The average molecular weight is 266 g/mol. The van der Waals surface area contributed by atoms with Crippen LogP contribution >= 0.6 is 0 Å². The number of carbonyl (C=O) groups excluding carboxylic acids is 2. The van der Waals surface area contributed by atoms with Crippen molar-refractivity contribution in [2.75, 3.05) is 20.2 Å². The fourth-order valence-corrected chi connectivity index (χ4v) is 2.24. The monoisotopic (exact) mass is 266 g/mol. The lowest BCUT2D eigenvalue weighted by molar-refractivity contribution is -0.125. The van der Waals surface area contributed by atoms with Gasteiger partial charge < -0.3 is 14.2 Å². The molecule has 1 aliphatic heterocycles. The Morgan fingerprint density at radius 2 is 2.42 bits per heavy atom. The zero-order chi connectivity index (χ0) is 13.8. The van der Waals surface area contributed by atoms with Crippen LogP contribution in [0.2, 0.25) is 0 Å². The van der Waals surface area contributed by atoms with Gasteiger partial charge in [0, 0.05) is 38.6 Å². The molecule has 0 N–H and O–H groups in total. The third-order valence-corrected chi connectivity index (χ3v) is 3.37. The van der Waals surface area contributed by atoms with Crippen LogP contribution in [0.5, 0.6) is 0 Å². The normalized spacial score (nSPS) is 19.8. The summed E-state index contributed by atoms with van der Waals surface area (Å²) in [5.74, 6) is 0.526. The zero-order valence-electron chi connectivity index (χ0n) is 11.2. The van der Waals surface area contributed by atoms with Crippen LogP contribution in [0.1, 0.15) is 36.0 Å².